The van der Waals surface area contributed by atoms with Crippen molar-refractivity contribution in [2.75, 3.05) is 20.8 Å². The van der Waals surface area contributed by atoms with Gasteiger partial charge in [-0.3, -0.25) is 0 Å². The Hall–Kier alpha value is -1.53. The lowest BCUT2D eigenvalue weighted by molar-refractivity contribution is 0.0426. The van der Waals surface area contributed by atoms with E-state index < -0.39 is 0 Å². The molecular weight excluding hydrogens is 308 g/mol. The fourth-order valence-corrected chi connectivity index (χ4v) is 3.88. The Bertz CT molecular complexity index is 545. The third-order valence-corrected chi connectivity index (χ3v) is 5.13. The fourth-order valence-electron chi connectivity index (χ4n) is 3.88. The zero-order chi connectivity index (χ0) is 16.9. The number of nitrogens with one attached hydrogen (secondary N) is 1. The molecule has 0 radical (unpaired) electrons. The van der Waals surface area contributed by atoms with Gasteiger partial charge in [-0.1, -0.05) is 12.8 Å². The van der Waals surface area contributed by atoms with Crippen LogP contribution in [0.15, 0.2) is 16.5 Å². The lowest BCUT2D eigenvalue weighted by Gasteiger charge is -2.33. The molecule has 6 heteroatoms. The van der Waals surface area contributed by atoms with Gasteiger partial charge in [-0.15, -0.1) is 0 Å². The number of methoxy groups -OCH3 is 2. The quantitative estimate of drug-likeness (QED) is 0.896. The predicted molar refractivity (Wildman–Crippen MR) is 89.7 cm³/mol. The van der Waals surface area contributed by atoms with E-state index in [-0.39, 0.29) is 24.2 Å². The van der Waals surface area contributed by atoms with Gasteiger partial charge in [-0.05, 0) is 37.8 Å². The summed E-state index contributed by atoms with van der Waals surface area (Å²) in [6.45, 7) is 1.22. The molecule has 0 spiro atoms. The van der Waals surface area contributed by atoms with E-state index in [9.17, 15) is 4.79 Å². The second-order valence-corrected chi connectivity index (χ2v) is 6.70. The molecule has 3 rings (SSSR count). The Morgan fingerprint density at radius 3 is 2.88 bits per heavy atom. The van der Waals surface area contributed by atoms with E-state index in [1.807, 2.05) is 17.0 Å². The molecular formula is C18H28N2O4. The summed E-state index contributed by atoms with van der Waals surface area (Å²) >= 11 is 0. The Morgan fingerprint density at radius 2 is 2.08 bits per heavy atom. The number of hydrogen-bond acceptors (Lipinski definition) is 4. The zero-order valence-electron chi connectivity index (χ0n) is 14.6. The van der Waals surface area contributed by atoms with E-state index >= 15 is 0 Å². The highest BCUT2D eigenvalue weighted by Gasteiger charge is 2.35. The van der Waals surface area contributed by atoms with Gasteiger partial charge in [0.05, 0.1) is 18.2 Å². The Morgan fingerprint density at radius 1 is 1.25 bits per heavy atom. The van der Waals surface area contributed by atoms with Crippen molar-refractivity contribution in [2.24, 2.45) is 0 Å². The minimum absolute atomic E-state index is 0.00357. The van der Waals surface area contributed by atoms with Crippen molar-refractivity contribution in [2.45, 2.75) is 63.3 Å². The first-order chi connectivity index (χ1) is 11.7. The highest BCUT2D eigenvalue weighted by atomic mass is 16.5. The fraction of sp³-hybridized carbons (Fsp3) is 0.722. The molecule has 134 valence electrons. The third-order valence-electron chi connectivity index (χ3n) is 5.13. The lowest BCUT2D eigenvalue weighted by atomic mass is 9.92. The van der Waals surface area contributed by atoms with Gasteiger partial charge in [0.15, 0.2) is 0 Å². The van der Waals surface area contributed by atoms with Gasteiger partial charge in [0, 0.05) is 20.8 Å². The van der Waals surface area contributed by atoms with E-state index in [4.69, 9.17) is 13.9 Å². The van der Waals surface area contributed by atoms with Crippen molar-refractivity contribution in [3.05, 3.63) is 23.7 Å². The van der Waals surface area contributed by atoms with Crippen LogP contribution in [-0.4, -0.2) is 43.8 Å². The SMILES string of the molecule is COCc1ccc(C2CCCN2C(=O)NC2CCCCC2OC)o1. The van der Waals surface area contributed by atoms with Gasteiger partial charge in [0.2, 0.25) is 0 Å². The van der Waals surface area contributed by atoms with Crippen LogP contribution in [0, 0.1) is 0 Å². The normalized spacial score (nSPS) is 27.4. The van der Waals surface area contributed by atoms with Crippen LogP contribution in [0.25, 0.3) is 0 Å². The molecule has 24 heavy (non-hydrogen) atoms. The number of ether oxygens (including phenoxy) is 2. The number of urea groups is 1. The number of carbonyl (C=O) groups excluding carboxylic acids is 1. The minimum atomic E-state index is -0.00357. The van der Waals surface area contributed by atoms with Crippen LogP contribution in [0.3, 0.4) is 0 Å². The molecule has 1 N–H and O–H groups in total. The summed E-state index contributed by atoms with van der Waals surface area (Å²) in [5.41, 5.74) is 0. The largest absolute Gasteiger partial charge is 0.461 e. The lowest BCUT2D eigenvalue weighted by Crippen LogP contribution is -2.50. The number of amides is 2. The summed E-state index contributed by atoms with van der Waals surface area (Å²) in [6, 6.07) is 4.01. The number of carbonyl (C=O) groups is 1. The molecule has 1 aliphatic carbocycles. The Kier molecular flexibility index (Phi) is 5.79. The highest BCUT2D eigenvalue weighted by Crippen LogP contribution is 2.33. The molecule has 1 aliphatic heterocycles. The maximum absolute atomic E-state index is 12.8. The van der Waals surface area contributed by atoms with Gasteiger partial charge >= 0.3 is 6.03 Å². The van der Waals surface area contributed by atoms with E-state index in [1.54, 1.807) is 14.2 Å². The molecule has 2 fully saturated rings. The van der Waals surface area contributed by atoms with Crippen molar-refractivity contribution in [3.63, 3.8) is 0 Å². The molecule has 1 aromatic rings. The van der Waals surface area contributed by atoms with E-state index in [0.29, 0.717) is 6.61 Å². The number of rotatable bonds is 5. The summed E-state index contributed by atoms with van der Waals surface area (Å²) < 4.78 is 16.5. The average molecular weight is 336 g/mol. The second-order valence-electron chi connectivity index (χ2n) is 6.70. The van der Waals surface area contributed by atoms with E-state index in [0.717, 1.165) is 50.2 Å². The summed E-state index contributed by atoms with van der Waals surface area (Å²) in [6.07, 6.45) is 6.38. The van der Waals surface area contributed by atoms with Crippen LogP contribution in [0.1, 0.15) is 56.1 Å². The van der Waals surface area contributed by atoms with Crippen molar-refractivity contribution in [3.8, 4) is 0 Å². The monoisotopic (exact) mass is 336 g/mol. The number of furan rings is 1. The standard InChI is InChI=1S/C18H28N2O4/c1-22-12-13-9-10-17(24-13)15-7-5-11-20(15)18(21)19-14-6-3-4-8-16(14)23-2/h9-10,14-16H,3-8,11-12H2,1-2H3,(H,19,21). The van der Waals surface area contributed by atoms with Gasteiger partial charge in [-0.25, -0.2) is 4.79 Å². The summed E-state index contributed by atoms with van der Waals surface area (Å²) in [5, 5.41) is 3.19. The summed E-state index contributed by atoms with van der Waals surface area (Å²) in [7, 11) is 3.38. The van der Waals surface area contributed by atoms with Crippen LogP contribution >= 0.6 is 0 Å². The molecule has 2 amide bonds. The van der Waals surface area contributed by atoms with Crippen LogP contribution in [0.5, 0.6) is 0 Å². The van der Waals surface area contributed by atoms with Crippen molar-refractivity contribution in [1.82, 2.24) is 10.2 Å². The molecule has 6 nitrogen and oxygen atoms in total. The van der Waals surface area contributed by atoms with Gasteiger partial charge in [0.1, 0.15) is 18.1 Å². The first-order valence-electron chi connectivity index (χ1n) is 8.90. The topological polar surface area (TPSA) is 63.9 Å². The second kappa shape index (κ2) is 8.03. The average Bonchev–Trinajstić information content (AvgIpc) is 3.24. The predicted octanol–water partition coefficient (Wildman–Crippen LogP) is 3.23. The zero-order valence-corrected chi connectivity index (χ0v) is 14.6. The smallest absolute Gasteiger partial charge is 0.318 e. The Balaban J connectivity index is 1.64. The minimum Gasteiger partial charge on any atom is -0.461 e. The van der Waals surface area contributed by atoms with Crippen LogP contribution in [0.4, 0.5) is 4.79 Å². The Labute approximate surface area is 143 Å². The summed E-state index contributed by atoms with van der Waals surface area (Å²) in [5.74, 6) is 1.65. The van der Waals surface area contributed by atoms with Crippen LogP contribution in [-0.2, 0) is 16.1 Å². The highest BCUT2D eigenvalue weighted by molar-refractivity contribution is 5.75. The molecule has 0 bridgehead atoms. The molecule has 3 atom stereocenters. The van der Waals surface area contributed by atoms with Crippen LogP contribution in [0.2, 0.25) is 0 Å². The first kappa shape index (κ1) is 17.3. The van der Waals surface area contributed by atoms with Crippen LogP contribution < -0.4 is 5.32 Å². The molecule has 1 saturated carbocycles. The number of hydrogen-bond donors (Lipinski definition) is 1. The first-order valence-corrected chi connectivity index (χ1v) is 8.90. The molecule has 1 saturated heterocycles. The molecule has 1 aromatic heterocycles. The van der Waals surface area contributed by atoms with Crippen molar-refractivity contribution >= 4 is 6.03 Å². The molecule has 0 aromatic carbocycles. The van der Waals surface area contributed by atoms with E-state index in [2.05, 4.69) is 5.32 Å². The number of likely N-dealkylation sites (tertiary alicyclic amines) is 1. The maximum Gasteiger partial charge on any atom is 0.318 e. The van der Waals surface area contributed by atoms with Gasteiger partial charge < -0.3 is 24.1 Å². The summed E-state index contributed by atoms with van der Waals surface area (Å²) in [4.78, 5) is 14.7. The van der Waals surface area contributed by atoms with Crippen molar-refractivity contribution in [1.29, 1.82) is 0 Å². The van der Waals surface area contributed by atoms with Gasteiger partial charge in [0.25, 0.3) is 0 Å². The molecule has 2 aliphatic rings. The third kappa shape index (κ3) is 3.75. The van der Waals surface area contributed by atoms with E-state index in [1.165, 1.54) is 6.42 Å². The van der Waals surface area contributed by atoms with Crippen molar-refractivity contribution < 1.29 is 18.7 Å². The molecule has 3 unspecified atom stereocenters. The van der Waals surface area contributed by atoms with Gasteiger partial charge in [-0.2, -0.15) is 0 Å². The molecule has 2 heterocycles. The maximum atomic E-state index is 12.8. The number of nitrogens with zero attached hydrogens (tertiary/aromatic N) is 1.